The van der Waals surface area contributed by atoms with Gasteiger partial charge in [-0.05, 0) is 35.0 Å². The molecule has 0 aliphatic carbocycles. The maximum atomic E-state index is 12.4. The number of halogens is 1. The van der Waals surface area contributed by atoms with E-state index in [1.54, 1.807) is 19.1 Å². The van der Waals surface area contributed by atoms with Gasteiger partial charge in [-0.15, -0.1) is 0 Å². The van der Waals surface area contributed by atoms with Crippen LogP contribution in [-0.2, 0) is 14.3 Å². The first-order valence-corrected chi connectivity index (χ1v) is 7.68. The van der Waals surface area contributed by atoms with Gasteiger partial charge < -0.3 is 19.4 Å². The SMILES string of the molecule is CCOC(=O)CCN(CCNC(C)=O)C(=O)c1ccc(Br)o1. The Kier molecular flexibility index (Phi) is 7.65. The minimum atomic E-state index is -0.375. The van der Waals surface area contributed by atoms with Crippen LogP contribution in [0.3, 0.4) is 0 Å². The third-order valence-electron chi connectivity index (χ3n) is 2.72. The molecule has 0 saturated carbocycles. The molecule has 7 nitrogen and oxygen atoms in total. The summed E-state index contributed by atoms with van der Waals surface area (Å²) in [7, 11) is 0. The highest BCUT2D eigenvalue weighted by Crippen LogP contribution is 2.16. The zero-order valence-corrected chi connectivity index (χ0v) is 14.1. The van der Waals surface area contributed by atoms with Crippen LogP contribution in [0.15, 0.2) is 21.2 Å². The van der Waals surface area contributed by atoms with E-state index in [4.69, 9.17) is 9.15 Å². The number of ether oxygens (including phenoxy) is 1. The van der Waals surface area contributed by atoms with Crippen LogP contribution in [0, 0.1) is 0 Å². The fourth-order valence-electron chi connectivity index (χ4n) is 1.73. The van der Waals surface area contributed by atoms with Crippen molar-refractivity contribution in [3.63, 3.8) is 0 Å². The summed E-state index contributed by atoms with van der Waals surface area (Å²) in [4.78, 5) is 36.1. The Balaban J connectivity index is 2.65. The molecule has 0 aliphatic heterocycles. The molecule has 122 valence electrons. The van der Waals surface area contributed by atoms with Crippen molar-refractivity contribution in [3.8, 4) is 0 Å². The lowest BCUT2D eigenvalue weighted by Crippen LogP contribution is -2.39. The van der Waals surface area contributed by atoms with E-state index in [1.807, 2.05) is 0 Å². The highest BCUT2D eigenvalue weighted by molar-refractivity contribution is 9.10. The number of nitrogens with zero attached hydrogens (tertiary/aromatic N) is 1. The van der Waals surface area contributed by atoms with Crippen LogP contribution in [0.2, 0.25) is 0 Å². The smallest absolute Gasteiger partial charge is 0.307 e. The van der Waals surface area contributed by atoms with E-state index in [-0.39, 0.29) is 43.1 Å². The van der Waals surface area contributed by atoms with Crippen molar-refractivity contribution in [1.29, 1.82) is 0 Å². The van der Waals surface area contributed by atoms with Crippen LogP contribution >= 0.6 is 15.9 Å². The molecule has 0 unspecified atom stereocenters. The Morgan fingerprint density at radius 1 is 1.32 bits per heavy atom. The maximum Gasteiger partial charge on any atom is 0.307 e. The second-order valence-corrected chi connectivity index (χ2v) is 5.22. The third-order valence-corrected chi connectivity index (χ3v) is 3.14. The molecule has 1 aromatic heterocycles. The number of carbonyl (C=O) groups excluding carboxylic acids is 3. The summed E-state index contributed by atoms with van der Waals surface area (Å²) >= 11 is 3.14. The lowest BCUT2D eigenvalue weighted by Gasteiger charge is -2.21. The zero-order valence-electron chi connectivity index (χ0n) is 12.6. The second-order valence-electron chi connectivity index (χ2n) is 4.43. The van der Waals surface area contributed by atoms with E-state index >= 15 is 0 Å². The monoisotopic (exact) mass is 374 g/mol. The van der Waals surface area contributed by atoms with Gasteiger partial charge in [-0.3, -0.25) is 14.4 Å². The fourth-order valence-corrected chi connectivity index (χ4v) is 2.03. The van der Waals surface area contributed by atoms with Gasteiger partial charge in [0.05, 0.1) is 13.0 Å². The Morgan fingerprint density at radius 3 is 2.59 bits per heavy atom. The number of hydrogen-bond acceptors (Lipinski definition) is 5. The molecule has 8 heteroatoms. The Morgan fingerprint density at radius 2 is 2.05 bits per heavy atom. The van der Waals surface area contributed by atoms with Gasteiger partial charge in [0.15, 0.2) is 10.4 Å². The van der Waals surface area contributed by atoms with Gasteiger partial charge in [-0.1, -0.05) is 0 Å². The highest BCUT2D eigenvalue weighted by Gasteiger charge is 2.20. The van der Waals surface area contributed by atoms with E-state index in [9.17, 15) is 14.4 Å². The van der Waals surface area contributed by atoms with Crippen molar-refractivity contribution in [2.24, 2.45) is 0 Å². The molecule has 0 aromatic carbocycles. The van der Waals surface area contributed by atoms with E-state index < -0.39 is 0 Å². The molecule has 1 aromatic rings. The van der Waals surface area contributed by atoms with Gasteiger partial charge in [0.2, 0.25) is 5.91 Å². The number of esters is 1. The van der Waals surface area contributed by atoms with Gasteiger partial charge in [0, 0.05) is 26.6 Å². The van der Waals surface area contributed by atoms with Crippen LogP contribution in [0.1, 0.15) is 30.8 Å². The van der Waals surface area contributed by atoms with Crippen LogP contribution < -0.4 is 5.32 Å². The van der Waals surface area contributed by atoms with Crippen molar-refractivity contribution in [2.75, 3.05) is 26.2 Å². The first kappa shape index (κ1) is 18.2. The molecule has 0 atom stereocenters. The van der Waals surface area contributed by atoms with Gasteiger partial charge >= 0.3 is 5.97 Å². The van der Waals surface area contributed by atoms with Crippen molar-refractivity contribution < 1.29 is 23.5 Å². The summed E-state index contributed by atoms with van der Waals surface area (Å²) in [5, 5.41) is 2.61. The Bertz CT molecular complexity index is 529. The van der Waals surface area contributed by atoms with Crippen LogP contribution in [-0.4, -0.2) is 48.9 Å². The molecule has 1 rings (SSSR count). The number of furan rings is 1. The molecule has 1 N–H and O–H groups in total. The molecular formula is C14H19BrN2O5. The number of rotatable bonds is 8. The van der Waals surface area contributed by atoms with Gasteiger partial charge in [0.25, 0.3) is 5.91 Å². The number of hydrogen-bond donors (Lipinski definition) is 1. The molecule has 0 fully saturated rings. The largest absolute Gasteiger partial charge is 0.466 e. The first-order chi connectivity index (χ1) is 10.4. The number of amides is 2. The molecule has 0 bridgehead atoms. The molecule has 1 heterocycles. The maximum absolute atomic E-state index is 12.4. The third kappa shape index (κ3) is 6.30. The summed E-state index contributed by atoms with van der Waals surface area (Å²) in [6.07, 6.45) is 0.0849. The predicted molar refractivity (Wildman–Crippen MR) is 82.2 cm³/mol. The molecule has 22 heavy (non-hydrogen) atoms. The molecule has 0 saturated heterocycles. The van der Waals surface area contributed by atoms with Crippen molar-refractivity contribution in [1.82, 2.24) is 10.2 Å². The normalized spacial score (nSPS) is 10.1. The summed E-state index contributed by atoms with van der Waals surface area (Å²) in [5.74, 6) is -0.738. The molecular weight excluding hydrogens is 356 g/mol. The summed E-state index contributed by atoms with van der Waals surface area (Å²) in [6.45, 7) is 4.17. The van der Waals surface area contributed by atoms with Crippen LogP contribution in [0.5, 0.6) is 0 Å². The van der Waals surface area contributed by atoms with E-state index in [1.165, 1.54) is 11.8 Å². The van der Waals surface area contributed by atoms with Crippen LogP contribution in [0.4, 0.5) is 0 Å². The van der Waals surface area contributed by atoms with E-state index in [2.05, 4.69) is 21.2 Å². The highest BCUT2D eigenvalue weighted by atomic mass is 79.9. The van der Waals surface area contributed by atoms with Gasteiger partial charge in [-0.25, -0.2) is 0 Å². The van der Waals surface area contributed by atoms with E-state index in [0.29, 0.717) is 17.8 Å². The first-order valence-electron chi connectivity index (χ1n) is 6.88. The summed E-state index contributed by atoms with van der Waals surface area (Å²) < 4.78 is 10.5. The standard InChI is InChI=1S/C14H19BrN2O5/c1-3-21-13(19)6-8-17(9-7-16-10(2)18)14(20)11-4-5-12(15)22-11/h4-5H,3,6-9H2,1-2H3,(H,16,18). The van der Waals surface area contributed by atoms with E-state index in [0.717, 1.165) is 0 Å². The fraction of sp³-hybridized carbons (Fsp3) is 0.500. The Hall–Kier alpha value is -1.83. The molecule has 0 radical (unpaired) electrons. The predicted octanol–water partition coefficient (Wildman–Crippen LogP) is 1.57. The van der Waals surface area contributed by atoms with Crippen molar-refractivity contribution >= 4 is 33.7 Å². The van der Waals surface area contributed by atoms with Gasteiger partial charge in [0.1, 0.15) is 0 Å². The topological polar surface area (TPSA) is 88.9 Å². The minimum absolute atomic E-state index is 0.0849. The molecule has 2 amide bonds. The average molecular weight is 375 g/mol. The Labute approximate surface area is 137 Å². The minimum Gasteiger partial charge on any atom is -0.466 e. The summed E-state index contributed by atoms with van der Waals surface area (Å²) in [5.41, 5.74) is 0. The lowest BCUT2D eigenvalue weighted by molar-refractivity contribution is -0.143. The lowest BCUT2D eigenvalue weighted by atomic mass is 10.3. The molecule has 0 spiro atoms. The quantitative estimate of drug-likeness (QED) is 0.697. The summed E-state index contributed by atoms with van der Waals surface area (Å²) in [6, 6.07) is 3.16. The van der Waals surface area contributed by atoms with Crippen LogP contribution in [0.25, 0.3) is 0 Å². The second kappa shape index (κ2) is 9.24. The van der Waals surface area contributed by atoms with Gasteiger partial charge in [-0.2, -0.15) is 0 Å². The average Bonchev–Trinajstić information content (AvgIpc) is 2.88. The van der Waals surface area contributed by atoms with Crippen molar-refractivity contribution in [2.45, 2.75) is 20.3 Å². The molecule has 0 aliphatic rings. The number of carbonyl (C=O) groups is 3. The zero-order chi connectivity index (χ0) is 16.5. The number of nitrogens with one attached hydrogen (secondary N) is 1. The van der Waals surface area contributed by atoms with Crippen molar-refractivity contribution in [3.05, 3.63) is 22.6 Å².